The van der Waals surface area contributed by atoms with Crippen LogP contribution >= 0.6 is 12.4 Å². The molecule has 1 amide bonds. The van der Waals surface area contributed by atoms with Crippen LogP contribution in [0.5, 0.6) is 5.75 Å². The van der Waals surface area contributed by atoms with E-state index >= 15 is 0 Å². The van der Waals surface area contributed by atoms with E-state index in [1.54, 1.807) is 12.1 Å². The maximum atomic E-state index is 13.4. The van der Waals surface area contributed by atoms with Crippen molar-refractivity contribution in [3.05, 3.63) is 29.6 Å². The summed E-state index contributed by atoms with van der Waals surface area (Å²) in [5.74, 6) is -0.194. The number of aryl methyl sites for hydroxylation is 1. The molecule has 0 aromatic heterocycles. The average Bonchev–Trinajstić information content (AvgIpc) is 2.41. The van der Waals surface area contributed by atoms with Gasteiger partial charge in [-0.05, 0) is 30.7 Å². The predicted octanol–water partition coefficient (Wildman–Crippen LogP) is 1.91. The van der Waals surface area contributed by atoms with Gasteiger partial charge in [-0.3, -0.25) is 4.79 Å². The number of carbonyl (C=O) groups is 1. The lowest BCUT2D eigenvalue weighted by Gasteiger charge is -2.07. The number of carbonyl (C=O) groups excluding carboxylic acids is 1. The van der Waals surface area contributed by atoms with Gasteiger partial charge in [0.2, 0.25) is 5.91 Å². The van der Waals surface area contributed by atoms with Gasteiger partial charge in [-0.1, -0.05) is 13.0 Å². The fraction of sp³-hybridized carbons (Fsp3) is 0.500. The minimum Gasteiger partial charge on any atom is -0.494 e. The van der Waals surface area contributed by atoms with Crippen molar-refractivity contribution in [1.29, 1.82) is 0 Å². The molecular weight excluding hydrogens is 283 g/mol. The Balaban J connectivity index is 0.00000361. The number of hydrogen-bond acceptors (Lipinski definition) is 3. The highest BCUT2D eigenvalue weighted by atomic mass is 35.5. The summed E-state index contributed by atoms with van der Waals surface area (Å²) in [6.45, 7) is 4.28. The Morgan fingerprint density at radius 2 is 2.10 bits per heavy atom. The molecule has 0 radical (unpaired) electrons. The molecule has 0 saturated heterocycles. The molecule has 0 bridgehead atoms. The second-order valence-electron chi connectivity index (χ2n) is 4.17. The average molecular weight is 305 g/mol. The van der Waals surface area contributed by atoms with Gasteiger partial charge in [-0.25, -0.2) is 4.39 Å². The molecule has 20 heavy (non-hydrogen) atoms. The number of ether oxygens (including phenoxy) is 1. The molecule has 0 unspecified atom stereocenters. The highest BCUT2D eigenvalue weighted by molar-refractivity contribution is 5.85. The van der Waals surface area contributed by atoms with Crippen molar-refractivity contribution in [1.82, 2.24) is 10.6 Å². The van der Waals surface area contributed by atoms with Crippen LogP contribution in [0.25, 0.3) is 0 Å². The van der Waals surface area contributed by atoms with Gasteiger partial charge in [-0.15, -0.1) is 12.4 Å². The third kappa shape index (κ3) is 6.73. The third-order valence-corrected chi connectivity index (χ3v) is 2.73. The molecular formula is C14H22ClFN2O2. The lowest BCUT2D eigenvalue weighted by atomic mass is 10.1. The summed E-state index contributed by atoms with van der Waals surface area (Å²) in [6.07, 6.45) is 0.881. The molecule has 0 aliphatic heterocycles. The minimum atomic E-state index is -0.396. The Bertz CT molecular complexity index is 416. The molecule has 114 valence electrons. The van der Waals surface area contributed by atoms with Gasteiger partial charge >= 0.3 is 0 Å². The van der Waals surface area contributed by atoms with Gasteiger partial charge in [-0.2, -0.15) is 0 Å². The SMILES string of the molecule is CCNCCNC(=O)CCc1ccc(OC)c(F)c1.Cl. The van der Waals surface area contributed by atoms with Gasteiger partial charge in [0.25, 0.3) is 0 Å². The molecule has 6 heteroatoms. The van der Waals surface area contributed by atoms with E-state index in [1.165, 1.54) is 13.2 Å². The largest absolute Gasteiger partial charge is 0.494 e. The van der Waals surface area contributed by atoms with Crippen molar-refractivity contribution < 1.29 is 13.9 Å². The van der Waals surface area contributed by atoms with E-state index in [0.717, 1.165) is 18.7 Å². The van der Waals surface area contributed by atoms with E-state index < -0.39 is 5.82 Å². The lowest BCUT2D eigenvalue weighted by Crippen LogP contribution is -2.31. The van der Waals surface area contributed by atoms with Gasteiger partial charge < -0.3 is 15.4 Å². The summed E-state index contributed by atoms with van der Waals surface area (Å²) in [5, 5.41) is 5.92. The second-order valence-corrected chi connectivity index (χ2v) is 4.17. The monoisotopic (exact) mass is 304 g/mol. The highest BCUT2D eigenvalue weighted by Crippen LogP contribution is 2.18. The number of benzene rings is 1. The fourth-order valence-electron chi connectivity index (χ4n) is 1.68. The second kappa shape index (κ2) is 10.5. The van der Waals surface area contributed by atoms with Crippen molar-refractivity contribution >= 4 is 18.3 Å². The summed E-state index contributed by atoms with van der Waals surface area (Å²) < 4.78 is 18.3. The van der Waals surface area contributed by atoms with Crippen molar-refractivity contribution in [3.63, 3.8) is 0 Å². The normalized spacial score (nSPS) is 9.75. The first kappa shape index (κ1) is 18.7. The van der Waals surface area contributed by atoms with E-state index in [1.807, 2.05) is 6.92 Å². The van der Waals surface area contributed by atoms with Gasteiger partial charge in [0, 0.05) is 19.5 Å². The smallest absolute Gasteiger partial charge is 0.220 e. The molecule has 4 nitrogen and oxygen atoms in total. The van der Waals surface area contributed by atoms with Crippen LogP contribution in [0.4, 0.5) is 4.39 Å². The summed E-state index contributed by atoms with van der Waals surface area (Å²) in [6, 6.07) is 4.76. The van der Waals surface area contributed by atoms with Crippen LogP contribution in [0.1, 0.15) is 18.9 Å². The molecule has 0 atom stereocenters. The number of halogens is 2. The molecule has 1 aromatic rings. The zero-order valence-electron chi connectivity index (χ0n) is 11.9. The first-order valence-electron chi connectivity index (χ1n) is 6.47. The zero-order valence-corrected chi connectivity index (χ0v) is 12.7. The standard InChI is InChI=1S/C14H21FN2O2.ClH/c1-3-16-8-9-17-14(18)7-5-11-4-6-13(19-2)12(15)10-11;/h4,6,10,16H,3,5,7-9H2,1-2H3,(H,17,18);1H. The molecule has 0 saturated carbocycles. The van der Waals surface area contributed by atoms with Crippen molar-refractivity contribution in [2.45, 2.75) is 19.8 Å². The molecule has 1 aromatic carbocycles. The molecule has 0 aliphatic rings. The number of amides is 1. The number of methoxy groups -OCH3 is 1. The van der Waals surface area contributed by atoms with E-state index in [0.29, 0.717) is 19.4 Å². The van der Waals surface area contributed by atoms with Crippen molar-refractivity contribution in [2.24, 2.45) is 0 Å². The van der Waals surface area contributed by atoms with E-state index in [4.69, 9.17) is 4.74 Å². The summed E-state index contributed by atoms with van der Waals surface area (Å²) >= 11 is 0. The summed E-state index contributed by atoms with van der Waals surface area (Å²) in [4.78, 5) is 11.5. The van der Waals surface area contributed by atoms with Crippen LogP contribution in [0.15, 0.2) is 18.2 Å². The van der Waals surface area contributed by atoms with Gasteiger partial charge in [0.05, 0.1) is 7.11 Å². The summed E-state index contributed by atoms with van der Waals surface area (Å²) in [7, 11) is 1.43. The number of rotatable bonds is 8. The zero-order chi connectivity index (χ0) is 14.1. The topological polar surface area (TPSA) is 50.4 Å². The Morgan fingerprint density at radius 1 is 1.35 bits per heavy atom. The first-order chi connectivity index (χ1) is 9.17. The van der Waals surface area contributed by atoms with Crippen LogP contribution < -0.4 is 15.4 Å². The maximum Gasteiger partial charge on any atom is 0.220 e. The fourth-order valence-corrected chi connectivity index (χ4v) is 1.68. The first-order valence-corrected chi connectivity index (χ1v) is 6.47. The van der Waals surface area contributed by atoms with E-state index in [9.17, 15) is 9.18 Å². The molecule has 0 fully saturated rings. The molecule has 0 spiro atoms. The maximum absolute atomic E-state index is 13.4. The summed E-state index contributed by atoms with van der Waals surface area (Å²) in [5.41, 5.74) is 0.792. The van der Waals surface area contributed by atoms with Crippen LogP contribution in [0, 0.1) is 5.82 Å². The Hall–Kier alpha value is -1.33. The lowest BCUT2D eigenvalue weighted by molar-refractivity contribution is -0.121. The number of nitrogens with one attached hydrogen (secondary N) is 2. The number of likely N-dealkylation sites (N-methyl/N-ethyl adjacent to an activating group) is 1. The number of hydrogen-bond donors (Lipinski definition) is 2. The minimum absolute atomic E-state index is 0. The van der Waals surface area contributed by atoms with Gasteiger partial charge in [0.15, 0.2) is 11.6 Å². The Labute approximate surface area is 125 Å². The Morgan fingerprint density at radius 3 is 2.70 bits per heavy atom. The van der Waals surface area contributed by atoms with Crippen molar-refractivity contribution in [3.8, 4) is 5.75 Å². The third-order valence-electron chi connectivity index (χ3n) is 2.73. The quantitative estimate of drug-likeness (QED) is 0.721. The van der Waals surface area contributed by atoms with Crippen LogP contribution in [-0.4, -0.2) is 32.7 Å². The van der Waals surface area contributed by atoms with Crippen LogP contribution in [-0.2, 0) is 11.2 Å². The van der Waals surface area contributed by atoms with Crippen LogP contribution in [0.2, 0.25) is 0 Å². The van der Waals surface area contributed by atoms with Gasteiger partial charge in [0.1, 0.15) is 0 Å². The van der Waals surface area contributed by atoms with E-state index in [2.05, 4.69) is 10.6 Å². The molecule has 0 aliphatic carbocycles. The molecule has 1 rings (SSSR count). The molecule has 2 N–H and O–H groups in total. The Kier molecular flexibility index (Phi) is 9.76. The van der Waals surface area contributed by atoms with Crippen molar-refractivity contribution in [2.75, 3.05) is 26.7 Å². The van der Waals surface area contributed by atoms with E-state index in [-0.39, 0.29) is 24.1 Å². The highest BCUT2D eigenvalue weighted by Gasteiger charge is 2.05. The van der Waals surface area contributed by atoms with Crippen LogP contribution in [0.3, 0.4) is 0 Å². The predicted molar refractivity (Wildman–Crippen MR) is 80.1 cm³/mol. The molecule has 0 heterocycles.